The van der Waals surface area contributed by atoms with Crippen LogP contribution in [0.15, 0.2) is 24.3 Å². The van der Waals surface area contributed by atoms with Gasteiger partial charge in [0.1, 0.15) is 5.56 Å². The Balaban J connectivity index is 2.08. The molecule has 0 saturated carbocycles. The average Bonchev–Trinajstić information content (AvgIpc) is 2.70. The summed E-state index contributed by atoms with van der Waals surface area (Å²) in [5, 5.41) is 4.23. The molecule has 6 nitrogen and oxygen atoms in total. The lowest BCUT2D eigenvalue weighted by Crippen LogP contribution is -2.16. The maximum Gasteiger partial charge on any atom is 0.344 e. The van der Waals surface area contributed by atoms with E-state index in [-0.39, 0.29) is 17.2 Å². The summed E-state index contributed by atoms with van der Waals surface area (Å²) in [5.41, 5.74) is 6.70. The Morgan fingerprint density at radius 3 is 2.62 bits per heavy atom. The highest BCUT2D eigenvalue weighted by molar-refractivity contribution is 6.34. The quantitative estimate of drug-likeness (QED) is 0.689. The number of ether oxygens (including phenoxy) is 1. The number of anilines is 1. The number of rotatable bonds is 4. The predicted molar refractivity (Wildman–Crippen MR) is 78.4 cm³/mol. The number of halogens is 1. The van der Waals surface area contributed by atoms with Gasteiger partial charge < -0.3 is 10.5 Å². The van der Waals surface area contributed by atoms with Gasteiger partial charge in [-0.2, -0.15) is 5.10 Å². The Labute approximate surface area is 126 Å². The second-order valence-electron chi connectivity index (χ2n) is 4.45. The third kappa shape index (κ3) is 3.05. The van der Waals surface area contributed by atoms with Gasteiger partial charge in [-0.1, -0.05) is 23.7 Å². The van der Waals surface area contributed by atoms with Crippen LogP contribution in [0.5, 0.6) is 0 Å². The van der Waals surface area contributed by atoms with Crippen LogP contribution < -0.4 is 5.73 Å². The summed E-state index contributed by atoms with van der Waals surface area (Å²) in [5.74, 6) is -0.988. The number of carbonyl (C=O) groups excluding carboxylic acids is 2. The first-order valence-electron chi connectivity index (χ1n) is 6.15. The van der Waals surface area contributed by atoms with Crippen molar-refractivity contribution in [1.29, 1.82) is 0 Å². The summed E-state index contributed by atoms with van der Waals surface area (Å²) in [7, 11) is 1.66. The van der Waals surface area contributed by atoms with Crippen LogP contribution in [0.4, 0.5) is 5.82 Å². The SMILES string of the molecule is Cc1c(C(=O)OCC(=O)c2ccccc2Cl)c(N)nn1C. The van der Waals surface area contributed by atoms with Crippen LogP contribution in [0.2, 0.25) is 5.02 Å². The van der Waals surface area contributed by atoms with Crippen molar-refractivity contribution < 1.29 is 14.3 Å². The van der Waals surface area contributed by atoms with Crippen LogP contribution in [-0.2, 0) is 11.8 Å². The molecule has 1 aromatic heterocycles. The number of aromatic nitrogens is 2. The van der Waals surface area contributed by atoms with Crippen molar-refractivity contribution in [1.82, 2.24) is 9.78 Å². The molecule has 2 aromatic rings. The van der Waals surface area contributed by atoms with Crippen molar-refractivity contribution >= 4 is 29.2 Å². The Bertz CT molecular complexity index is 709. The van der Waals surface area contributed by atoms with Gasteiger partial charge in [0, 0.05) is 12.6 Å². The Morgan fingerprint density at radius 1 is 1.38 bits per heavy atom. The van der Waals surface area contributed by atoms with Crippen molar-refractivity contribution in [3.63, 3.8) is 0 Å². The van der Waals surface area contributed by atoms with Crippen LogP contribution in [0.25, 0.3) is 0 Å². The molecule has 0 bridgehead atoms. The number of Topliss-reactive ketones (excluding diaryl/α,β-unsaturated/α-hetero) is 1. The van der Waals surface area contributed by atoms with E-state index >= 15 is 0 Å². The van der Waals surface area contributed by atoms with Crippen molar-refractivity contribution in [2.45, 2.75) is 6.92 Å². The first kappa shape index (κ1) is 15.1. The number of hydrogen-bond acceptors (Lipinski definition) is 5. The van der Waals surface area contributed by atoms with Gasteiger partial charge in [0.15, 0.2) is 12.4 Å². The number of benzene rings is 1. The van der Waals surface area contributed by atoms with Gasteiger partial charge in [0.2, 0.25) is 5.78 Å². The third-order valence-corrected chi connectivity index (χ3v) is 3.40. The minimum Gasteiger partial charge on any atom is -0.454 e. The first-order valence-corrected chi connectivity index (χ1v) is 6.53. The summed E-state index contributed by atoms with van der Waals surface area (Å²) in [6.45, 7) is 1.28. The van der Waals surface area contributed by atoms with E-state index in [1.807, 2.05) is 0 Å². The molecule has 1 heterocycles. The zero-order chi connectivity index (χ0) is 15.6. The topological polar surface area (TPSA) is 87.2 Å². The van der Waals surface area contributed by atoms with Crippen LogP contribution in [-0.4, -0.2) is 28.1 Å². The van der Waals surface area contributed by atoms with E-state index in [1.165, 1.54) is 4.68 Å². The standard InChI is InChI=1S/C14H14ClN3O3/c1-8-12(13(16)17-18(8)2)14(20)21-7-11(19)9-5-3-4-6-10(9)15/h3-6H,7H2,1-2H3,(H2,16,17). The molecule has 0 spiro atoms. The maximum absolute atomic E-state index is 12.0. The molecule has 0 amide bonds. The molecule has 0 radical (unpaired) electrons. The largest absolute Gasteiger partial charge is 0.454 e. The van der Waals surface area contributed by atoms with Gasteiger partial charge in [-0.15, -0.1) is 0 Å². The minimum atomic E-state index is -0.682. The average molecular weight is 308 g/mol. The molecule has 1 aromatic carbocycles. The van der Waals surface area contributed by atoms with Crippen molar-refractivity contribution in [2.24, 2.45) is 7.05 Å². The lowest BCUT2D eigenvalue weighted by molar-refractivity contribution is 0.0475. The Hall–Kier alpha value is -2.34. The highest BCUT2D eigenvalue weighted by Crippen LogP contribution is 2.18. The molecule has 0 saturated heterocycles. The number of hydrogen-bond donors (Lipinski definition) is 1. The molecule has 21 heavy (non-hydrogen) atoms. The predicted octanol–water partition coefficient (Wildman–Crippen LogP) is 2.00. The summed E-state index contributed by atoms with van der Waals surface area (Å²) < 4.78 is 6.47. The van der Waals surface area contributed by atoms with E-state index < -0.39 is 12.6 Å². The van der Waals surface area contributed by atoms with E-state index in [2.05, 4.69) is 5.10 Å². The number of aryl methyl sites for hydroxylation is 1. The molecule has 0 fully saturated rings. The van der Waals surface area contributed by atoms with Gasteiger partial charge in [0.05, 0.1) is 10.7 Å². The van der Waals surface area contributed by atoms with E-state index in [0.717, 1.165) is 0 Å². The fraction of sp³-hybridized carbons (Fsp3) is 0.214. The zero-order valence-electron chi connectivity index (χ0n) is 11.6. The second kappa shape index (κ2) is 5.97. The summed E-state index contributed by atoms with van der Waals surface area (Å²) in [6.07, 6.45) is 0. The normalized spacial score (nSPS) is 10.4. The van der Waals surface area contributed by atoms with Crippen molar-refractivity contribution in [3.8, 4) is 0 Å². The number of ketones is 1. The van der Waals surface area contributed by atoms with Crippen LogP contribution in [0.1, 0.15) is 26.4 Å². The molecule has 2 rings (SSSR count). The molecule has 7 heteroatoms. The van der Waals surface area contributed by atoms with E-state index in [4.69, 9.17) is 22.1 Å². The number of carbonyl (C=O) groups is 2. The molecular weight excluding hydrogens is 294 g/mol. The lowest BCUT2D eigenvalue weighted by atomic mass is 10.1. The summed E-state index contributed by atoms with van der Waals surface area (Å²) in [4.78, 5) is 23.9. The fourth-order valence-electron chi connectivity index (χ4n) is 1.85. The van der Waals surface area contributed by atoms with Crippen molar-refractivity contribution in [3.05, 3.63) is 46.1 Å². The highest BCUT2D eigenvalue weighted by Gasteiger charge is 2.21. The second-order valence-corrected chi connectivity index (χ2v) is 4.86. The molecule has 0 aliphatic carbocycles. The molecule has 0 aliphatic rings. The molecule has 0 aliphatic heterocycles. The van der Waals surface area contributed by atoms with Gasteiger partial charge in [-0.3, -0.25) is 9.48 Å². The van der Waals surface area contributed by atoms with Crippen molar-refractivity contribution in [2.75, 3.05) is 12.3 Å². The zero-order valence-corrected chi connectivity index (χ0v) is 12.3. The number of esters is 1. The van der Waals surface area contributed by atoms with Gasteiger partial charge in [-0.25, -0.2) is 4.79 Å². The Morgan fingerprint density at radius 2 is 2.05 bits per heavy atom. The summed E-state index contributed by atoms with van der Waals surface area (Å²) >= 11 is 5.91. The number of nitrogens with two attached hydrogens (primary N) is 1. The van der Waals surface area contributed by atoms with Crippen LogP contribution >= 0.6 is 11.6 Å². The monoisotopic (exact) mass is 307 g/mol. The van der Waals surface area contributed by atoms with E-state index in [0.29, 0.717) is 16.3 Å². The maximum atomic E-state index is 12.0. The van der Waals surface area contributed by atoms with Gasteiger partial charge >= 0.3 is 5.97 Å². The van der Waals surface area contributed by atoms with E-state index in [9.17, 15) is 9.59 Å². The van der Waals surface area contributed by atoms with E-state index in [1.54, 1.807) is 38.2 Å². The third-order valence-electron chi connectivity index (χ3n) is 3.07. The molecular formula is C14H14ClN3O3. The van der Waals surface area contributed by atoms with Gasteiger partial charge in [-0.05, 0) is 19.1 Å². The summed E-state index contributed by atoms with van der Waals surface area (Å²) in [6, 6.07) is 6.57. The highest BCUT2D eigenvalue weighted by atomic mass is 35.5. The van der Waals surface area contributed by atoms with Gasteiger partial charge in [0.25, 0.3) is 0 Å². The lowest BCUT2D eigenvalue weighted by Gasteiger charge is -2.05. The molecule has 0 atom stereocenters. The number of nitrogens with zero attached hydrogens (tertiary/aromatic N) is 2. The molecule has 0 unspecified atom stereocenters. The molecule has 110 valence electrons. The van der Waals surface area contributed by atoms with Crippen LogP contribution in [0.3, 0.4) is 0 Å². The smallest absolute Gasteiger partial charge is 0.344 e. The Kier molecular flexibility index (Phi) is 4.28. The fourth-order valence-corrected chi connectivity index (χ4v) is 2.10. The first-order chi connectivity index (χ1) is 9.91. The van der Waals surface area contributed by atoms with Crippen LogP contribution in [0, 0.1) is 6.92 Å². The number of nitrogen functional groups attached to an aromatic ring is 1. The molecule has 2 N–H and O–H groups in total. The minimum absolute atomic E-state index is 0.0743.